The molecular weight excluding hydrogens is 526 g/mol. The van der Waals surface area contributed by atoms with Crippen LogP contribution >= 0.6 is 0 Å². The molecule has 0 fully saturated rings. The Morgan fingerprint density at radius 1 is 0.610 bits per heavy atom. The average Bonchev–Trinajstić information content (AvgIpc) is 2.96. The van der Waals surface area contributed by atoms with Crippen LogP contribution in [0.5, 0.6) is 0 Å². The zero-order valence-electron chi connectivity index (χ0n) is 22.4. The Bertz CT molecular complexity index is 1360. The quantitative estimate of drug-likeness (QED) is 0.190. The van der Waals surface area contributed by atoms with Gasteiger partial charge in [0.2, 0.25) is 17.7 Å². The van der Waals surface area contributed by atoms with Crippen LogP contribution in [-0.2, 0) is 30.4 Å². The van der Waals surface area contributed by atoms with E-state index in [-0.39, 0.29) is 19.3 Å². The Hall–Kier alpha value is -4.99. The summed E-state index contributed by atoms with van der Waals surface area (Å²) in [5.41, 5.74) is 10.5. The molecular formula is C31H33N3O7. The largest absolute Gasteiger partial charge is 0.481 e. The smallest absolute Gasteiger partial charge is 0.303 e. The molecule has 0 heterocycles. The number of rotatable bonds is 15. The van der Waals surface area contributed by atoms with E-state index in [9.17, 15) is 24.0 Å². The molecule has 3 aromatic carbocycles. The normalized spacial score (nSPS) is 12.1. The van der Waals surface area contributed by atoms with Crippen LogP contribution in [-0.4, -0.2) is 52.0 Å². The number of hydrogen-bond acceptors (Lipinski definition) is 5. The highest BCUT2D eigenvalue weighted by Gasteiger charge is 2.26. The van der Waals surface area contributed by atoms with E-state index >= 15 is 0 Å². The first-order chi connectivity index (χ1) is 19.6. The Morgan fingerprint density at radius 2 is 1.07 bits per heavy atom. The molecule has 1 unspecified atom stereocenters. The predicted octanol–water partition coefficient (Wildman–Crippen LogP) is 3.14. The van der Waals surface area contributed by atoms with E-state index in [1.807, 2.05) is 42.5 Å². The number of nitrogens with one attached hydrogen (secondary N) is 2. The number of aliphatic carboxylic acids is 2. The maximum Gasteiger partial charge on any atom is 0.303 e. The van der Waals surface area contributed by atoms with Gasteiger partial charge in [-0.25, -0.2) is 0 Å². The molecule has 0 aliphatic rings. The van der Waals surface area contributed by atoms with Crippen molar-refractivity contribution in [3.63, 3.8) is 0 Å². The van der Waals surface area contributed by atoms with Gasteiger partial charge in [0.05, 0.1) is 0 Å². The van der Waals surface area contributed by atoms with Crippen molar-refractivity contribution in [1.29, 1.82) is 0 Å². The maximum atomic E-state index is 12.7. The fourth-order valence-corrected chi connectivity index (χ4v) is 4.24. The molecule has 0 aliphatic heterocycles. The average molecular weight is 560 g/mol. The second-order valence-electron chi connectivity index (χ2n) is 9.59. The highest BCUT2D eigenvalue weighted by Crippen LogP contribution is 2.25. The summed E-state index contributed by atoms with van der Waals surface area (Å²) >= 11 is 0. The number of aryl methyl sites for hydroxylation is 1. The number of carboxylic acids is 2. The molecule has 0 saturated heterocycles. The fourth-order valence-electron chi connectivity index (χ4n) is 4.24. The Kier molecular flexibility index (Phi) is 11.2. The minimum Gasteiger partial charge on any atom is -0.481 e. The molecule has 0 aromatic heterocycles. The van der Waals surface area contributed by atoms with Crippen LogP contribution in [0.3, 0.4) is 0 Å². The molecule has 0 aliphatic carbocycles. The van der Waals surface area contributed by atoms with Gasteiger partial charge in [0.15, 0.2) is 0 Å². The summed E-state index contributed by atoms with van der Waals surface area (Å²) in [5.74, 6) is -4.55. The molecule has 6 N–H and O–H groups in total. The molecule has 0 bridgehead atoms. The summed E-state index contributed by atoms with van der Waals surface area (Å²) in [6.07, 6.45) is -0.826. The molecule has 3 amide bonds. The number of amides is 3. The van der Waals surface area contributed by atoms with Crippen LogP contribution < -0.4 is 16.4 Å². The number of benzene rings is 3. The summed E-state index contributed by atoms with van der Waals surface area (Å²) in [4.78, 5) is 58.9. The van der Waals surface area contributed by atoms with Crippen LogP contribution in [0.4, 0.5) is 0 Å². The molecule has 2 atom stereocenters. The van der Waals surface area contributed by atoms with Crippen molar-refractivity contribution >= 4 is 29.7 Å². The van der Waals surface area contributed by atoms with E-state index in [0.29, 0.717) is 6.42 Å². The van der Waals surface area contributed by atoms with Gasteiger partial charge in [0, 0.05) is 19.3 Å². The number of carboxylic acid groups (broad SMARTS) is 2. The van der Waals surface area contributed by atoms with E-state index in [1.165, 1.54) is 0 Å². The standard InChI is InChI=1S/C31H33N3O7/c32-30(40)25(15-18-28(36)37)34-31(41)26(16-19-29(38)39)33-27(35)17-8-20-6-9-22(10-7-20)24-13-11-23(12-14-24)21-4-2-1-3-5-21/h1-7,9-14,25-26H,8,15-19H2,(H2,32,40)(H,33,35)(H,34,41)(H,36,37)(H,38,39)/t25-,26?/m0/s1. The van der Waals surface area contributed by atoms with Crippen molar-refractivity contribution in [2.75, 3.05) is 0 Å². The number of hydrogen-bond donors (Lipinski definition) is 5. The first-order valence-corrected chi connectivity index (χ1v) is 13.2. The van der Waals surface area contributed by atoms with Gasteiger partial charge in [-0.2, -0.15) is 0 Å². The van der Waals surface area contributed by atoms with Crippen LogP contribution in [0.25, 0.3) is 22.3 Å². The van der Waals surface area contributed by atoms with Crippen molar-refractivity contribution in [2.45, 2.75) is 50.6 Å². The van der Waals surface area contributed by atoms with E-state index < -0.39 is 54.6 Å². The third-order valence-corrected chi connectivity index (χ3v) is 6.53. The molecule has 3 aromatic rings. The minimum atomic E-state index is -1.27. The second-order valence-corrected chi connectivity index (χ2v) is 9.59. The van der Waals surface area contributed by atoms with Crippen molar-refractivity contribution < 1.29 is 34.2 Å². The van der Waals surface area contributed by atoms with Crippen molar-refractivity contribution in [3.8, 4) is 22.3 Å². The van der Waals surface area contributed by atoms with Gasteiger partial charge < -0.3 is 26.6 Å². The molecule has 214 valence electrons. The first kappa shape index (κ1) is 30.6. The number of nitrogens with two attached hydrogens (primary N) is 1. The van der Waals surface area contributed by atoms with Gasteiger partial charge in [0.1, 0.15) is 12.1 Å². The van der Waals surface area contributed by atoms with Crippen LogP contribution in [0, 0.1) is 0 Å². The Morgan fingerprint density at radius 3 is 1.56 bits per heavy atom. The lowest BCUT2D eigenvalue weighted by Gasteiger charge is -2.21. The summed E-state index contributed by atoms with van der Waals surface area (Å²) in [7, 11) is 0. The van der Waals surface area contributed by atoms with Crippen LogP contribution in [0.2, 0.25) is 0 Å². The first-order valence-electron chi connectivity index (χ1n) is 13.2. The van der Waals surface area contributed by atoms with E-state index in [1.54, 1.807) is 0 Å². The molecule has 0 spiro atoms. The van der Waals surface area contributed by atoms with Crippen LogP contribution in [0.15, 0.2) is 78.9 Å². The van der Waals surface area contributed by atoms with Gasteiger partial charge in [-0.05, 0) is 47.1 Å². The lowest BCUT2D eigenvalue weighted by molar-refractivity contribution is -0.139. The summed E-state index contributed by atoms with van der Waals surface area (Å²) in [6, 6.07) is 23.6. The third-order valence-electron chi connectivity index (χ3n) is 6.53. The molecule has 0 radical (unpaired) electrons. The maximum absolute atomic E-state index is 12.7. The zero-order valence-corrected chi connectivity index (χ0v) is 22.4. The van der Waals surface area contributed by atoms with Gasteiger partial charge in [-0.15, -0.1) is 0 Å². The van der Waals surface area contributed by atoms with Crippen molar-refractivity contribution in [3.05, 3.63) is 84.4 Å². The molecule has 10 heteroatoms. The molecule has 3 rings (SSSR count). The minimum absolute atomic E-state index is 0.0419. The summed E-state index contributed by atoms with van der Waals surface area (Å²) in [6.45, 7) is 0. The van der Waals surface area contributed by atoms with Gasteiger partial charge >= 0.3 is 11.9 Å². The highest BCUT2D eigenvalue weighted by molar-refractivity contribution is 5.92. The SMILES string of the molecule is NC(=O)[C@H](CCC(=O)O)NC(=O)C(CCC(=O)O)NC(=O)CCc1ccc(-c2ccc(-c3ccccc3)cc2)cc1. The van der Waals surface area contributed by atoms with E-state index in [4.69, 9.17) is 15.9 Å². The molecule has 10 nitrogen and oxygen atoms in total. The van der Waals surface area contributed by atoms with E-state index in [0.717, 1.165) is 27.8 Å². The monoisotopic (exact) mass is 559 g/mol. The van der Waals surface area contributed by atoms with Crippen molar-refractivity contribution in [2.24, 2.45) is 5.73 Å². The van der Waals surface area contributed by atoms with Crippen molar-refractivity contribution in [1.82, 2.24) is 10.6 Å². The van der Waals surface area contributed by atoms with E-state index in [2.05, 4.69) is 47.0 Å². The third kappa shape index (κ3) is 9.92. The summed E-state index contributed by atoms with van der Waals surface area (Å²) in [5, 5.41) is 22.7. The van der Waals surface area contributed by atoms with Gasteiger partial charge in [-0.3, -0.25) is 24.0 Å². The zero-order chi connectivity index (χ0) is 29.8. The van der Waals surface area contributed by atoms with Crippen LogP contribution in [0.1, 0.15) is 37.7 Å². The number of primary amides is 1. The summed E-state index contributed by atoms with van der Waals surface area (Å²) < 4.78 is 0. The number of carbonyl (C=O) groups is 5. The second kappa shape index (κ2) is 15.0. The fraction of sp³-hybridized carbons (Fsp3) is 0.258. The highest BCUT2D eigenvalue weighted by atomic mass is 16.4. The van der Waals surface area contributed by atoms with Gasteiger partial charge in [0.25, 0.3) is 0 Å². The van der Waals surface area contributed by atoms with Gasteiger partial charge in [-0.1, -0.05) is 78.9 Å². The molecule has 0 saturated carbocycles. The lowest BCUT2D eigenvalue weighted by atomic mass is 9.99. The lowest BCUT2D eigenvalue weighted by Crippen LogP contribution is -2.53. The Balaban J connectivity index is 1.57. The Labute approximate surface area is 237 Å². The molecule has 41 heavy (non-hydrogen) atoms. The predicted molar refractivity (Wildman–Crippen MR) is 152 cm³/mol. The topological polar surface area (TPSA) is 176 Å². The number of carbonyl (C=O) groups excluding carboxylic acids is 3.